The van der Waals surface area contributed by atoms with Gasteiger partial charge in [-0.15, -0.1) is 24.0 Å². The van der Waals surface area contributed by atoms with Crippen LogP contribution in [0.4, 0.5) is 0 Å². The minimum Gasteiger partial charge on any atom is -0.380 e. The maximum absolute atomic E-state index is 5.55. The molecule has 1 aromatic rings. The van der Waals surface area contributed by atoms with Gasteiger partial charge in [0, 0.05) is 26.1 Å². The molecule has 0 atom stereocenters. The van der Waals surface area contributed by atoms with E-state index in [2.05, 4.69) is 39.6 Å². The zero-order valence-corrected chi connectivity index (χ0v) is 16.9. The molecule has 0 aliphatic rings. The normalized spacial score (nSPS) is 11.4. The molecule has 0 saturated heterocycles. The van der Waals surface area contributed by atoms with Crippen molar-refractivity contribution in [3.05, 3.63) is 11.7 Å². The van der Waals surface area contributed by atoms with Crippen LogP contribution >= 0.6 is 24.0 Å². The second-order valence-corrected chi connectivity index (χ2v) is 5.47. The number of ether oxygens (including phenoxy) is 1. The summed E-state index contributed by atoms with van der Waals surface area (Å²) in [7, 11) is 0. The van der Waals surface area contributed by atoms with E-state index in [0.29, 0.717) is 43.8 Å². The quantitative estimate of drug-likeness (QED) is 0.252. The first kappa shape index (κ1) is 22.1. The predicted molar refractivity (Wildman–Crippen MR) is 102 cm³/mol. The number of guanidine groups is 1. The third kappa shape index (κ3) is 11.3. The third-order valence-corrected chi connectivity index (χ3v) is 2.89. The molecule has 0 radical (unpaired) electrons. The van der Waals surface area contributed by atoms with Crippen LogP contribution in [-0.2, 0) is 11.2 Å². The van der Waals surface area contributed by atoms with Crippen molar-refractivity contribution in [1.82, 2.24) is 20.8 Å². The van der Waals surface area contributed by atoms with Crippen LogP contribution in [0.1, 0.15) is 38.9 Å². The molecule has 1 aromatic heterocycles. The third-order valence-electron chi connectivity index (χ3n) is 2.89. The van der Waals surface area contributed by atoms with Gasteiger partial charge in [-0.1, -0.05) is 19.0 Å². The van der Waals surface area contributed by atoms with Crippen LogP contribution in [0, 0.1) is 12.8 Å². The Bertz CT molecular complexity index is 437. The minimum absolute atomic E-state index is 0. The monoisotopic (exact) mass is 439 g/mol. The summed E-state index contributed by atoms with van der Waals surface area (Å²) in [5.74, 6) is 2.76. The molecule has 0 bridgehead atoms. The molecule has 134 valence electrons. The van der Waals surface area contributed by atoms with Crippen LogP contribution < -0.4 is 10.6 Å². The van der Waals surface area contributed by atoms with E-state index in [0.717, 1.165) is 25.5 Å². The number of aliphatic imine (C=N–C) groups is 1. The maximum Gasteiger partial charge on any atom is 0.228 e. The van der Waals surface area contributed by atoms with Crippen molar-refractivity contribution in [3.63, 3.8) is 0 Å². The molecule has 0 amide bonds. The molecular weight excluding hydrogens is 409 g/mol. The first-order chi connectivity index (χ1) is 10.6. The standard InChI is InChI=1S/C15H29N5O2.HI/c1-5-16-15(18-9-11-21-10-7-12(2)3)17-8-6-14-19-13(4)20-22-14;/h12H,5-11H2,1-4H3,(H2,16,17,18);1H. The fourth-order valence-corrected chi connectivity index (χ4v) is 1.71. The van der Waals surface area contributed by atoms with Crippen molar-refractivity contribution < 1.29 is 9.26 Å². The molecule has 1 rings (SSSR count). The Morgan fingerprint density at radius 2 is 2.09 bits per heavy atom. The Kier molecular flexibility index (Phi) is 13.0. The highest BCUT2D eigenvalue weighted by atomic mass is 127. The Morgan fingerprint density at radius 1 is 1.30 bits per heavy atom. The summed E-state index contributed by atoms with van der Waals surface area (Å²) in [4.78, 5) is 8.63. The Hall–Kier alpha value is -0.900. The fourth-order valence-electron chi connectivity index (χ4n) is 1.71. The van der Waals surface area contributed by atoms with Crippen molar-refractivity contribution >= 4 is 29.9 Å². The lowest BCUT2D eigenvalue weighted by molar-refractivity contribution is 0.130. The second-order valence-electron chi connectivity index (χ2n) is 5.47. The van der Waals surface area contributed by atoms with Crippen LogP contribution in [0.3, 0.4) is 0 Å². The van der Waals surface area contributed by atoms with E-state index in [4.69, 9.17) is 9.26 Å². The van der Waals surface area contributed by atoms with Crippen molar-refractivity contribution in [3.8, 4) is 0 Å². The highest BCUT2D eigenvalue weighted by Crippen LogP contribution is 1.98. The predicted octanol–water partition coefficient (Wildman–Crippen LogP) is 2.16. The molecule has 23 heavy (non-hydrogen) atoms. The van der Waals surface area contributed by atoms with Gasteiger partial charge in [0.1, 0.15) is 0 Å². The van der Waals surface area contributed by atoms with Crippen LogP contribution in [0.2, 0.25) is 0 Å². The smallest absolute Gasteiger partial charge is 0.228 e. The summed E-state index contributed by atoms with van der Waals surface area (Å²) >= 11 is 0. The highest BCUT2D eigenvalue weighted by molar-refractivity contribution is 14.0. The van der Waals surface area contributed by atoms with Crippen molar-refractivity contribution in [2.75, 3.05) is 32.8 Å². The first-order valence-corrected chi connectivity index (χ1v) is 8.01. The lowest BCUT2D eigenvalue weighted by Crippen LogP contribution is -2.38. The number of aryl methyl sites for hydroxylation is 1. The van der Waals surface area contributed by atoms with Gasteiger partial charge < -0.3 is 19.9 Å². The van der Waals surface area contributed by atoms with Crippen LogP contribution in [-0.4, -0.2) is 48.9 Å². The van der Waals surface area contributed by atoms with Gasteiger partial charge in [0.05, 0.1) is 13.2 Å². The fraction of sp³-hybridized carbons (Fsp3) is 0.800. The maximum atomic E-state index is 5.55. The van der Waals surface area contributed by atoms with E-state index < -0.39 is 0 Å². The first-order valence-electron chi connectivity index (χ1n) is 8.01. The van der Waals surface area contributed by atoms with Gasteiger partial charge in [-0.2, -0.15) is 4.98 Å². The number of hydrogen-bond acceptors (Lipinski definition) is 5. The number of rotatable bonds is 10. The van der Waals surface area contributed by atoms with Gasteiger partial charge in [-0.05, 0) is 26.2 Å². The molecule has 8 heteroatoms. The Balaban J connectivity index is 0.00000484. The van der Waals surface area contributed by atoms with Gasteiger partial charge in [0.25, 0.3) is 0 Å². The summed E-state index contributed by atoms with van der Waals surface area (Å²) < 4.78 is 10.6. The zero-order chi connectivity index (χ0) is 16.2. The topological polar surface area (TPSA) is 84.6 Å². The number of aromatic nitrogens is 2. The molecule has 0 aliphatic heterocycles. The van der Waals surface area contributed by atoms with E-state index in [1.54, 1.807) is 0 Å². The van der Waals surface area contributed by atoms with Gasteiger partial charge in [0.15, 0.2) is 11.8 Å². The summed E-state index contributed by atoms with van der Waals surface area (Å²) in [5, 5.41) is 10.2. The molecule has 1 heterocycles. The number of nitrogens with one attached hydrogen (secondary N) is 2. The van der Waals surface area contributed by atoms with Gasteiger partial charge in [-0.3, -0.25) is 4.99 Å². The number of nitrogens with zero attached hydrogens (tertiary/aromatic N) is 3. The number of hydrogen-bond donors (Lipinski definition) is 2. The molecule has 7 nitrogen and oxygen atoms in total. The number of halogens is 1. The van der Waals surface area contributed by atoms with Crippen molar-refractivity contribution in [1.29, 1.82) is 0 Å². The zero-order valence-electron chi connectivity index (χ0n) is 14.6. The summed E-state index contributed by atoms with van der Waals surface area (Å²) in [6.45, 7) is 11.8. The molecule has 0 spiro atoms. The molecule has 0 fully saturated rings. The average molecular weight is 439 g/mol. The van der Waals surface area contributed by atoms with Crippen LogP contribution in [0.15, 0.2) is 9.52 Å². The lowest BCUT2D eigenvalue weighted by atomic mass is 10.1. The molecule has 0 unspecified atom stereocenters. The Morgan fingerprint density at radius 3 is 2.70 bits per heavy atom. The SMILES string of the molecule is CCNC(=NCCOCCC(C)C)NCCc1nc(C)no1.I. The average Bonchev–Trinajstić information content (AvgIpc) is 2.88. The second kappa shape index (κ2) is 13.5. The van der Waals surface area contributed by atoms with Crippen LogP contribution in [0.25, 0.3) is 0 Å². The van der Waals surface area contributed by atoms with Crippen LogP contribution in [0.5, 0.6) is 0 Å². The van der Waals surface area contributed by atoms with Gasteiger partial charge in [-0.25, -0.2) is 0 Å². The lowest BCUT2D eigenvalue weighted by Gasteiger charge is -2.10. The highest BCUT2D eigenvalue weighted by Gasteiger charge is 2.03. The molecule has 0 aromatic carbocycles. The van der Waals surface area contributed by atoms with E-state index in [-0.39, 0.29) is 24.0 Å². The molecule has 2 N–H and O–H groups in total. The largest absolute Gasteiger partial charge is 0.380 e. The Labute approximate surface area is 156 Å². The van der Waals surface area contributed by atoms with Crippen molar-refractivity contribution in [2.24, 2.45) is 10.9 Å². The summed E-state index contributed by atoms with van der Waals surface area (Å²) in [6.07, 6.45) is 1.77. The molecular formula is C15H30IN5O2. The van der Waals surface area contributed by atoms with E-state index in [1.807, 2.05) is 13.8 Å². The van der Waals surface area contributed by atoms with E-state index >= 15 is 0 Å². The van der Waals surface area contributed by atoms with Gasteiger partial charge >= 0.3 is 0 Å². The minimum atomic E-state index is 0. The molecule has 0 saturated carbocycles. The van der Waals surface area contributed by atoms with Gasteiger partial charge in [0.2, 0.25) is 5.89 Å². The van der Waals surface area contributed by atoms with E-state index in [1.165, 1.54) is 0 Å². The summed E-state index contributed by atoms with van der Waals surface area (Å²) in [6, 6.07) is 0. The van der Waals surface area contributed by atoms with E-state index in [9.17, 15) is 0 Å². The molecule has 0 aliphatic carbocycles. The summed E-state index contributed by atoms with van der Waals surface area (Å²) in [5.41, 5.74) is 0. The van der Waals surface area contributed by atoms with Crippen molar-refractivity contribution in [2.45, 2.75) is 40.5 Å².